The van der Waals surface area contributed by atoms with E-state index in [2.05, 4.69) is 16.3 Å². The number of hydrogen-bond donors (Lipinski definition) is 1. The highest BCUT2D eigenvalue weighted by molar-refractivity contribution is 5.83. The topological polar surface area (TPSA) is 72.9 Å². The quantitative estimate of drug-likeness (QED) is 0.850. The third-order valence-electron chi connectivity index (χ3n) is 4.94. The van der Waals surface area contributed by atoms with Gasteiger partial charge in [-0.15, -0.1) is 0 Å². The average molecular weight is 377 g/mol. The largest absolute Gasteiger partial charge is 0.444 e. The minimum atomic E-state index is -0.543. The lowest BCUT2D eigenvalue weighted by atomic mass is 9.96. The Morgan fingerprint density at radius 3 is 2.81 bits per heavy atom. The molecule has 0 aliphatic carbocycles. The van der Waals surface area contributed by atoms with Crippen LogP contribution in [0.3, 0.4) is 0 Å². The van der Waals surface area contributed by atoms with Gasteiger partial charge in [0.25, 0.3) is 0 Å². The molecule has 1 aromatic heterocycles. The van der Waals surface area contributed by atoms with Gasteiger partial charge < -0.3 is 14.2 Å². The highest BCUT2D eigenvalue weighted by atomic mass is 16.6. The van der Waals surface area contributed by atoms with Gasteiger partial charge in [0.15, 0.2) is 0 Å². The van der Waals surface area contributed by atoms with E-state index in [0.717, 1.165) is 51.4 Å². The van der Waals surface area contributed by atoms with Gasteiger partial charge in [0.05, 0.1) is 18.4 Å². The number of carbonyl (C=O) groups is 1. The van der Waals surface area contributed by atoms with Crippen molar-refractivity contribution >= 4 is 11.9 Å². The maximum absolute atomic E-state index is 12.1. The molecule has 1 N–H and O–H groups in total. The Morgan fingerprint density at radius 1 is 1.37 bits per heavy atom. The molecule has 7 heteroatoms. The number of amides is 1. The summed E-state index contributed by atoms with van der Waals surface area (Å²) in [5, 5.41) is 2.75. The number of carbonyl (C=O) groups excluding carboxylic acids is 1. The van der Waals surface area contributed by atoms with E-state index in [9.17, 15) is 4.79 Å². The summed E-state index contributed by atoms with van der Waals surface area (Å²) in [7, 11) is 1.76. The van der Waals surface area contributed by atoms with E-state index < -0.39 is 11.7 Å². The average Bonchev–Trinajstić information content (AvgIpc) is 3.25. The number of rotatable bonds is 5. The Balaban J connectivity index is 1.75. The van der Waals surface area contributed by atoms with E-state index in [1.165, 1.54) is 5.56 Å². The van der Waals surface area contributed by atoms with Gasteiger partial charge in [-0.05, 0) is 45.2 Å². The zero-order valence-electron chi connectivity index (χ0n) is 16.8. The van der Waals surface area contributed by atoms with Crippen molar-refractivity contribution in [2.24, 2.45) is 0 Å². The van der Waals surface area contributed by atoms with Gasteiger partial charge in [-0.3, -0.25) is 10.2 Å². The first kappa shape index (κ1) is 20.0. The lowest BCUT2D eigenvalue weighted by Gasteiger charge is -2.22. The number of pyridine rings is 1. The molecule has 1 unspecified atom stereocenters. The summed E-state index contributed by atoms with van der Waals surface area (Å²) >= 11 is 0. The maximum Gasteiger partial charge on any atom is 0.413 e. The molecule has 2 fully saturated rings. The number of aromatic nitrogens is 1. The molecular weight excluding hydrogens is 346 g/mol. The van der Waals surface area contributed by atoms with Crippen LogP contribution in [-0.4, -0.2) is 61.1 Å². The third kappa shape index (κ3) is 5.64. The van der Waals surface area contributed by atoms with Crippen molar-refractivity contribution in [2.45, 2.75) is 57.8 Å². The molecule has 27 heavy (non-hydrogen) atoms. The minimum Gasteiger partial charge on any atom is -0.444 e. The van der Waals surface area contributed by atoms with E-state index in [-0.39, 0.29) is 6.10 Å². The molecule has 0 radical (unpaired) electrons. The van der Waals surface area contributed by atoms with Crippen LogP contribution in [0.1, 0.15) is 50.8 Å². The first-order valence-electron chi connectivity index (χ1n) is 9.67. The van der Waals surface area contributed by atoms with Crippen LogP contribution in [0.25, 0.3) is 0 Å². The predicted molar refractivity (Wildman–Crippen MR) is 103 cm³/mol. The van der Waals surface area contributed by atoms with E-state index in [4.69, 9.17) is 19.2 Å². The molecular formula is C20H31N3O4. The second kappa shape index (κ2) is 8.54. The summed E-state index contributed by atoms with van der Waals surface area (Å²) in [6.07, 6.45) is 1.84. The fourth-order valence-electron chi connectivity index (χ4n) is 3.61. The zero-order chi connectivity index (χ0) is 19.4. The van der Waals surface area contributed by atoms with Gasteiger partial charge in [-0.1, -0.05) is 6.07 Å². The molecule has 3 heterocycles. The second-order valence-electron chi connectivity index (χ2n) is 8.30. The molecule has 0 bridgehead atoms. The minimum absolute atomic E-state index is 0.284. The van der Waals surface area contributed by atoms with E-state index in [1.54, 1.807) is 7.11 Å². The molecule has 1 aromatic rings. The normalized spacial score (nSPS) is 23.6. The van der Waals surface area contributed by atoms with E-state index >= 15 is 0 Å². The molecule has 150 valence electrons. The summed E-state index contributed by atoms with van der Waals surface area (Å²) in [6, 6.07) is 3.92. The van der Waals surface area contributed by atoms with Gasteiger partial charge in [0, 0.05) is 39.3 Å². The van der Waals surface area contributed by atoms with Crippen molar-refractivity contribution < 1.29 is 19.0 Å². The number of likely N-dealkylation sites (tertiary alicyclic amines) is 1. The van der Waals surface area contributed by atoms with Crippen LogP contribution in [0.5, 0.6) is 0 Å². The highest BCUT2D eigenvalue weighted by Gasteiger charge is 2.27. The summed E-state index contributed by atoms with van der Waals surface area (Å²) in [5.41, 5.74) is 1.66. The Kier molecular flexibility index (Phi) is 6.34. The fraction of sp³-hybridized carbons (Fsp3) is 0.700. The van der Waals surface area contributed by atoms with Crippen LogP contribution in [0.15, 0.2) is 12.1 Å². The summed E-state index contributed by atoms with van der Waals surface area (Å²) < 4.78 is 16.4. The molecule has 2 aliphatic rings. The van der Waals surface area contributed by atoms with Gasteiger partial charge >= 0.3 is 6.09 Å². The van der Waals surface area contributed by atoms with Crippen molar-refractivity contribution in [3.05, 3.63) is 23.4 Å². The van der Waals surface area contributed by atoms with Gasteiger partial charge in [-0.25, -0.2) is 9.78 Å². The predicted octanol–water partition coefficient (Wildman–Crippen LogP) is 3.15. The van der Waals surface area contributed by atoms with Crippen LogP contribution in [0.4, 0.5) is 10.6 Å². The molecule has 3 rings (SSSR count). The van der Waals surface area contributed by atoms with Crippen molar-refractivity contribution in [1.82, 2.24) is 9.88 Å². The summed E-state index contributed by atoms with van der Waals surface area (Å²) in [5.74, 6) is 0.883. The molecule has 2 aliphatic heterocycles. The molecule has 0 spiro atoms. The Labute approximate surface area is 161 Å². The Hall–Kier alpha value is -1.70. The van der Waals surface area contributed by atoms with Gasteiger partial charge in [0.1, 0.15) is 11.4 Å². The van der Waals surface area contributed by atoms with Gasteiger partial charge in [-0.2, -0.15) is 0 Å². The number of nitrogens with zero attached hydrogens (tertiary/aromatic N) is 2. The summed E-state index contributed by atoms with van der Waals surface area (Å²) in [4.78, 5) is 19.2. The van der Waals surface area contributed by atoms with Crippen LogP contribution in [-0.2, 0) is 20.8 Å². The van der Waals surface area contributed by atoms with E-state index in [0.29, 0.717) is 11.7 Å². The first-order valence-corrected chi connectivity index (χ1v) is 9.67. The lowest BCUT2D eigenvalue weighted by molar-refractivity contribution is 0.0635. The monoisotopic (exact) mass is 377 g/mol. The SMILES string of the molecule is CO[C@H]1CCN(Cc2nc(NC(=O)OC(C)(C)C)ccc2C2CCOC2)C1. The lowest BCUT2D eigenvalue weighted by Crippen LogP contribution is -2.28. The number of anilines is 1. The maximum atomic E-state index is 12.1. The Morgan fingerprint density at radius 2 is 2.19 bits per heavy atom. The molecule has 2 atom stereocenters. The highest BCUT2D eigenvalue weighted by Crippen LogP contribution is 2.29. The molecule has 1 amide bonds. The standard InChI is InChI=1S/C20H31N3O4/c1-20(2,3)27-19(24)22-18-6-5-16(14-8-10-26-13-14)17(21-18)12-23-9-7-15(11-23)25-4/h5-6,14-15H,7-13H2,1-4H3,(H,21,22,24)/t14?,15-/m0/s1. The number of nitrogens with one attached hydrogen (secondary N) is 1. The van der Waals surface area contributed by atoms with E-state index in [1.807, 2.05) is 26.8 Å². The van der Waals surface area contributed by atoms with Crippen LogP contribution in [0.2, 0.25) is 0 Å². The molecule has 0 saturated carbocycles. The van der Waals surface area contributed by atoms with Crippen molar-refractivity contribution in [3.8, 4) is 0 Å². The second-order valence-corrected chi connectivity index (χ2v) is 8.30. The van der Waals surface area contributed by atoms with Gasteiger partial charge in [0.2, 0.25) is 0 Å². The van der Waals surface area contributed by atoms with Crippen molar-refractivity contribution in [2.75, 3.05) is 38.7 Å². The zero-order valence-corrected chi connectivity index (χ0v) is 16.8. The summed E-state index contributed by atoms with van der Waals surface area (Å²) in [6.45, 7) is 9.69. The smallest absolute Gasteiger partial charge is 0.413 e. The van der Waals surface area contributed by atoms with Crippen LogP contribution >= 0.6 is 0 Å². The van der Waals surface area contributed by atoms with Crippen molar-refractivity contribution in [1.29, 1.82) is 0 Å². The molecule has 0 aromatic carbocycles. The third-order valence-corrected chi connectivity index (χ3v) is 4.94. The first-order chi connectivity index (χ1) is 12.8. The fourth-order valence-corrected chi connectivity index (χ4v) is 3.61. The number of hydrogen-bond acceptors (Lipinski definition) is 6. The van der Waals surface area contributed by atoms with Crippen LogP contribution in [0, 0.1) is 0 Å². The number of methoxy groups -OCH3 is 1. The van der Waals surface area contributed by atoms with Crippen LogP contribution < -0.4 is 5.32 Å². The number of ether oxygens (including phenoxy) is 3. The molecule has 7 nitrogen and oxygen atoms in total. The molecule has 2 saturated heterocycles. The van der Waals surface area contributed by atoms with Crippen molar-refractivity contribution in [3.63, 3.8) is 0 Å². The Bertz CT molecular complexity index is 653.